The van der Waals surface area contributed by atoms with Crippen molar-refractivity contribution < 1.29 is 0 Å². The number of aryl methyl sites for hydroxylation is 1. The molecule has 2 N–H and O–H groups in total. The molecule has 1 heterocycles. The monoisotopic (exact) mass is 243 g/mol. The highest BCUT2D eigenvalue weighted by Crippen LogP contribution is 2.27. The predicted molar refractivity (Wildman–Crippen MR) is 74.5 cm³/mol. The fraction of sp³-hybridized carbons (Fsp3) is 0.533. The molecule has 1 saturated heterocycles. The highest BCUT2D eigenvalue weighted by molar-refractivity contribution is 5.60. The Bertz CT molecular complexity index is 446. The smallest absolute Gasteiger partial charge is 0.101 e. The molecule has 2 rings (SSSR count). The Kier molecular flexibility index (Phi) is 4.22. The quantitative estimate of drug-likeness (QED) is 0.887. The number of hydrogen-bond donors (Lipinski definition) is 1. The molecular weight excluding hydrogens is 222 g/mol. The fourth-order valence-corrected chi connectivity index (χ4v) is 2.77. The number of rotatable bonds is 3. The third-order valence-corrected chi connectivity index (χ3v) is 3.71. The summed E-state index contributed by atoms with van der Waals surface area (Å²) in [4.78, 5) is 2.35. The summed E-state index contributed by atoms with van der Waals surface area (Å²) in [5.41, 5.74) is 8.68. The lowest BCUT2D eigenvalue weighted by atomic mass is 9.94. The van der Waals surface area contributed by atoms with Gasteiger partial charge < -0.3 is 10.6 Å². The van der Waals surface area contributed by atoms with Gasteiger partial charge in [-0.15, -0.1) is 0 Å². The minimum absolute atomic E-state index is 0.677. The number of nitrogens with zero attached hydrogens (tertiary/aromatic N) is 2. The normalized spacial score (nSPS) is 19.6. The van der Waals surface area contributed by atoms with Crippen molar-refractivity contribution in [1.29, 1.82) is 5.26 Å². The van der Waals surface area contributed by atoms with Crippen molar-refractivity contribution in [3.8, 4) is 6.07 Å². The SMILES string of the molecule is Cc1ccc(N2CCCC(CCN)C2)c(C#N)c1. The molecule has 1 aromatic carbocycles. The van der Waals surface area contributed by atoms with E-state index in [0.717, 1.165) is 42.9 Å². The lowest BCUT2D eigenvalue weighted by Gasteiger charge is -2.35. The zero-order valence-corrected chi connectivity index (χ0v) is 11.0. The maximum atomic E-state index is 9.25. The zero-order chi connectivity index (χ0) is 13.0. The second-order valence-corrected chi connectivity index (χ2v) is 5.16. The van der Waals surface area contributed by atoms with Crippen molar-refractivity contribution in [2.24, 2.45) is 11.7 Å². The molecule has 1 aliphatic heterocycles. The predicted octanol–water partition coefficient (Wildman–Crippen LogP) is 2.43. The van der Waals surface area contributed by atoms with E-state index < -0.39 is 0 Å². The number of nitriles is 1. The van der Waals surface area contributed by atoms with Crippen LogP contribution >= 0.6 is 0 Å². The second-order valence-electron chi connectivity index (χ2n) is 5.16. The molecule has 18 heavy (non-hydrogen) atoms. The highest BCUT2D eigenvalue weighted by atomic mass is 15.1. The van der Waals surface area contributed by atoms with Gasteiger partial charge in [-0.1, -0.05) is 6.07 Å². The van der Waals surface area contributed by atoms with Gasteiger partial charge in [-0.3, -0.25) is 0 Å². The van der Waals surface area contributed by atoms with Crippen molar-refractivity contribution in [1.82, 2.24) is 0 Å². The maximum absolute atomic E-state index is 9.25. The van der Waals surface area contributed by atoms with Gasteiger partial charge in [0.05, 0.1) is 11.3 Å². The summed E-state index contributed by atoms with van der Waals surface area (Å²) in [6.45, 7) is 4.88. The Balaban J connectivity index is 2.18. The minimum atomic E-state index is 0.677. The molecule has 0 radical (unpaired) electrons. The minimum Gasteiger partial charge on any atom is -0.370 e. The largest absolute Gasteiger partial charge is 0.370 e. The number of anilines is 1. The van der Waals surface area contributed by atoms with Gasteiger partial charge in [0.25, 0.3) is 0 Å². The molecule has 0 bridgehead atoms. The van der Waals surface area contributed by atoms with Gasteiger partial charge in [0.15, 0.2) is 0 Å². The average Bonchev–Trinajstić information content (AvgIpc) is 2.39. The Morgan fingerprint density at radius 2 is 2.33 bits per heavy atom. The molecular formula is C15H21N3. The van der Waals surface area contributed by atoms with Crippen LogP contribution in [0.15, 0.2) is 18.2 Å². The van der Waals surface area contributed by atoms with Gasteiger partial charge in [-0.2, -0.15) is 5.26 Å². The van der Waals surface area contributed by atoms with Crippen molar-refractivity contribution in [3.05, 3.63) is 29.3 Å². The van der Waals surface area contributed by atoms with Crippen LogP contribution in [-0.2, 0) is 0 Å². The topological polar surface area (TPSA) is 53.0 Å². The number of hydrogen-bond acceptors (Lipinski definition) is 3. The maximum Gasteiger partial charge on any atom is 0.101 e. The van der Waals surface area contributed by atoms with Gasteiger partial charge in [0, 0.05) is 13.1 Å². The van der Waals surface area contributed by atoms with Crippen molar-refractivity contribution in [2.45, 2.75) is 26.2 Å². The van der Waals surface area contributed by atoms with E-state index in [-0.39, 0.29) is 0 Å². The van der Waals surface area contributed by atoms with Crippen molar-refractivity contribution in [3.63, 3.8) is 0 Å². The Hall–Kier alpha value is -1.53. The van der Waals surface area contributed by atoms with Crippen LogP contribution in [0.3, 0.4) is 0 Å². The highest BCUT2D eigenvalue weighted by Gasteiger charge is 2.21. The second kappa shape index (κ2) is 5.88. The van der Waals surface area contributed by atoms with E-state index in [1.165, 1.54) is 12.8 Å². The van der Waals surface area contributed by atoms with Crippen LogP contribution in [0.5, 0.6) is 0 Å². The molecule has 1 unspecified atom stereocenters. The molecule has 0 amide bonds. The number of piperidine rings is 1. The molecule has 3 nitrogen and oxygen atoms in total. The van der Waals surface area contributed by atoms with Crippen molar-refractivity contribution in [2.75, 3.05) is 24.5 Å². The van der Waals surface area contributed by atoms with Gasteiger partial charge in [0.1, 0.15) is 6.07 Å². The molecule has 0 aromatic heterocycles. The molecule has 0 aliphatic carbocycles. The Labute approximate surface area is 109 Å². The number of nitrogens with two attached hydrogens (primary N) is 1. The first-order chi connectivity index (χ1) is 8.74. The average molecular weight is 243 g/mol. The van der Waals surface area contributed by atoms with E-state index in [9.17, 15) is 5.26 Å². The summed E-state index contributed by atoms with van der Waals surface area (Å²) < 4.78 is 0. The molecule has 3 heteroatoms. The van der Waals surface area contributed by atoms with Gasteiger partial charge >= 0.3 is 0 Å². The summed E-state index contributed by atoms with van der Waals surface area (Å²) in [5.74, 6) is 0.677. The Morgan fingerprint density at radius 3 is 3.06 bits per heavy atom. The zero-order valence-electron chi connectivity index (χ0n) is 11.0. The third kappa shape index (κ3) is 2.83. The van der Waals surface area contributed by atoms with Crippen LogP contribution in [0.4, 0.5) is 5.69 Å². The summed E-state index contributed by atoms with van der Waals surface area (Å²) >= 11 is 0. The van der Waals surface area contributed by atoms with Crippen LogP contribution < -0.4 is 10.6 Å². The molecule has 1 aromatic rings. The van der Waals surface area contributed by atoms with E-state index in [2.05, 4.69) is 23.1 Å². The summed E-state index contributed by atoms with van der Waals surface area (Å²) in [6.07, 6.45) is 3.55. The van der Waals surface area contributed by atoms with Crippen LogP contribution in [-0.4, -0.2) is 19.6 Å². The van der Waals surface area contributed by atoms with E-state index in [1.807, 2.05) is 13.0 Å². The third-order valence-electron chi connectivity index (χ3n) is 3.71. The lowest BCUT2D eigenvalue weighted by Crippen LogP contribution is -2.36. The lowest BCUT2D eigenvalue weighted by molar-refractivity contribution is 0.396. The van der Waals surface area contributed by atoms with E-state index in [4.69, 9.17) is 5.73 Å². The van der Waals surface area contributed by atoms with Crippen molar-refractivity contribution >= 4 is 5.69 Å². The summed E-state index contributed by atoms with van der Waals surface area (Å²) in [7, 11) is 0. The molecule has 1 atom stereocenters. The van der Waals surface area contributed by atoms with Gasteiger partial charge in [-0.25, -0.2) is 0 Å². The summed E-state index contributed by atoms with van der Waals surface area (Å²) in [6, 6.07) is 8.46. The molecule has 0 saturated carbocycles. The van der Waals surface area contributed by atoms with E-state index in [1.54, 1.807) is 0 Å². The van der Waals surface area contributed by atoms with Gasteiger partial charge in [-0.05, 0) is 56.3 Å². The number of benzene rings is 1. The van der Waals surface area contributed by atoms with E-state index >= 15 is 0 Å². The molecule has 96 valence electrons. The van der Waals surface area contributed by atoms with E-state index in [0.29, 0.717) is 5.92 Å². The molecule has 1 aliphatic rings. The standard InChI is InChI=1S/C15H21N3/c1-12-4-5-15(14(9-12)10-17)18-8-2-3-13(11-18)6-7-16/h4-5,9,13H,2-3,6-8,11,16H2,1H3. The van der Waals surface area contributed by atoms with Crippen LogP contribution in [0, 0.1) is 24.2 Å². The molecule has 0 spiro atoms. The first kappa shape index (κ1) is 12.9. The van der Waals surface area contributed by atoms with Gasteiger partial charge in [0.2, 0.25) is 0 Å². The first-order valence-corrected chi connectivity index (χ1v) is 6.70. The molecule has 1 fully saturated rings. The summed E-state index contributed by atoms with van der Waals surface area (Å²) in [5, 5.41) is 9.25. The van der Waals surface area contributed by atoms with Crippen LogP contribution in [0.1, 0.15) is 30.4 Å². The van der Waals surface area contributed by atoms with Crippen LogP contribution in [0.25, 0.3) is 0 Å². The Morgan fingerprint density at radius 1 is 1.50 bits per heavy atom. The van der Waals surface area contributed by atoms with Crippen LogP contribution in [0.2, 0.25) is 0 Å². The first-order valence-electron chi connectivity index (χ1n) is 6.70. The fourth-order valence-electron chi connectivity index (χ4n) is 2.77.